The molecule has 0 radical (unpaired) electrons. The first kappa shape index (κ1) is 6.42. The van der Waals surface area contributed by atoms with E-state index in [9.17, 15) is 0 Å². The molecule has 0 aromatic rings. The molecule has 4 aliphatic rings. The molecule has 1 nitrogen and oxygen atoms in total. The van der Waals surface area contributed by atoms with Crippen LogP contribution in [-0.4, -0.2) is 12.1 Å². The third-order valence-electron chi connectivity index (χ3n) is 5.02. The molecule has 4 fully saturated rings. The lowest BCUT2D eigenvalue weighted by molar-refractivity contribution is 0.199. The fourth-order valence-electron chi connectivity index (χ4n) is 4.34. The first-order valence-electron chi connectivity index (χ1n) is 5.68. The number of nitrogens with one attached hydrogen (secondary N) is 1. The van der Waals surface area contributed by atoms with E-state index in [4.69, 9.17) is 0 Å². The fourth-order valence-corrected chi connectivity index (χ4v) is 4.34. The zero-order valence-electron chi connectivity index (χ0n) is 7.50. The van der Waals surface area contributed by atoms with E-state index < -0.39 is 0 Å². The van der Waals surface area contributed by atoms with Crippen molar-refractivity contribution >= 4 is 0 Å². The molecule has 2 heterocycles. The van der Waals surface area contributed by atoms with E-state index in [2.05, 4.69) is 5.32 Å². The highest BCUT2D eigenvalue weighted by molar-refractivity contribution is 5.09. The summed E-state index contributed by atoms with van der Waals surface area (Å²) in [5.74, 6) is 4.56. The monoisotopic (exact) mass is 163 g/mol. The van der Waals surface area contributed by atoms with E-state index in [1.807, 2.05) is 0 Å². The molecule has 12 heavy (non-hydrogen) atoms. The van der Waals surface area contributed by atoms with Crippen LogP contribution in [0.1, 0.15) is 32.1 Å². The van der Waals surface area contributed by atoms with Crippen molar-refractivity contribution < 1.29 is 0 Å². The Morgan fingerprint density at radius 3 is 1.92 bits per heavy atom. The molecule has 6 unspecified atom stereocenters. The van der Waals surface area contributed by atoms with E-state index in [0.29, 0.717) is 0 Å². The van der Waals surface area contributed by atoms with Crippen LogP contribution in [0.4, 0.5) is 0 Å². The maximum Gasteiger partial charge on any atom is 0.0102 e. The van der Waals surface area contributed by atoms with Gasteiger partial charge in [-0.15, -0.1) is 0 Å². The molecule has 2 aliphatic heterocycles. The van der Waals surface area contributed by atoms with Gasteiger partial charge in [0.1, 0.15) is 0 Å². The standard InChI is InChI=1S/C11H17N/c1-2-11-9-5-7-3-6(7)4-8(9)10(1)12-11/h6-12H,1-5H2. The second-order valence-corrected chi connectivity index (χ2v) is 5.51. The first-order valence-corrected chi connectivity index (χ1v) is 5.68. The van der Waals surface area contributed by atoms with Gasteiger partial charge in [0.2, 0.25) is 0 Å². The molecule has 2 saturated heterocycles. The van der Waals surface area contributed by atoms with Gasteiger partial charge in [0.05, 0.1) is 0 Å². The van der Waals surface area contributed by atoms with E-state index in [-0.39, 0.29) is 0 Å². The summed E-state index contributed by atoms with van der Waals surface area (Å²) in [6.07, 6.45) is 7.74. The zero-order valence-corrected chi connectivity index (χ0v) is 7.50. The van der Waals surface area contributed by atoms with Gasteiger partial charge in [-0.05, 0) is 55.8 Å². The Hall–Kier alpha value is -0.0400. The molecule has 0 spiro atoms. The van der Waals surface area contributed by atoms with Crippen molar-refractivity contribution in [3.63, 3.8) is 0 Å². The lowest BCUT2D eigenvalue weighted by Gasteiger charge is -2.33. The maximum atomic E-state index is 3.81. The highest BCUT2D eigenvalue weighted by Gasteiger charge is 2.55. The molecule has 0 aromatic heterocycles. The lowest BCUT2D eigenvalue weighted by atomic mass is 9.71. The van der Waals surface area contributed by atoms with Crippen molar-refractivity contribution in [3.05, 3.63) is 0 Å². The van der Waals surface area contributed by atoms with Crippen LogP contribution < -0.4 is 5.32 Å². The summed E-state index contributed by atoms with van der Waals surface area (Å²) >= 11 is 0. The van der Waals surface area contributed by atoms with Gasteiger partial charge in [-0.25, -0.2) is 0 Å². The lowest BCUT2D eigenvalue weighted by Crippen LogP contribution is -2.30. The van der Waals surface area contributed by atoms with Crippen LogP contribution in [-0.2, 0) is 0 Å². The Bertz CT molecular complexity index is 203. The smallest absolute Gasteiger partial charge is 0.0102 e. The van der Waals surface area contributed by atoms with Crippen LogP contribution in [0.15, 0.2) is 0 Å². The van der Waals surface area contributed by atoms with Crippen LogP contribution in [0.25, 0.3) is 0 Å². The van der Waals surface area contributed by atoms with Crippen molar-refractivity contribution in [2.24, 2.45) is 23.7 Å². The van der Waals surface area contributed by atoms with Gasteiger partial charge >= 0.3 is 0 Å². The van der Waals surface area contributed by atoms with Gasteiger partial charge in [-0.2, -0.15) is 0 Å². The third kappa shape index (κ3) is 0.654. The van der Waals surface area contributed by atoms with Gasteiger partial charge in [0.15, 0.2) is 0 Å². The number of rotatable bonds is 0. The minimum absolute atomic E-state index is 0.946. The van der Waals surface area contributed by atoms with Gasteiger partial charge in [-0.1, -0.05) is 0 Å². The average Bonchev–Trinajstić information content (AvgIpc) is 2.57. The normalized spacial score (nSPS) is 66.0. The topological polar surface area (TPSA) is 12.0 Å². The van der Waals surface area contributed by atoms with E-state index in [1.54, 1.807) is 19.3 Å². The van der Waals surface area contributed by atoms with E-state index in [1.165, 1.54) is 24.7 Å². The Morgan fingerprint density at radius 1 is 0.750 bits per heavy atom. The van der Waals surface area contributed by atoms with Crippen LogP contribution >= 0.6 is 0 Å². The van der Waals surface area contributed by atoms with E-state index in [0.717, 1.165) is 23.9 Å². The summed E-state index contributed by atoms with van der Waals surface area (Å²) in [7, 11) is 0. The molecule has 66 valence electrons. The van der Waals surface area contributed by atoms with Crippen molar-refractivity contribution in [2.45, 2.75) is 44.2 Å². The molecular weight excluding hydrogens is 146 g/mol. The molecule has 1 N–H and O–H groups in total. The van der Waals surface area contributed by atoms with Gasteiger partial charge in [0, 0.05) is 12.1 Å². The SMILES string of the molecule is C1C2CC3C4CCC(N4)C3CC12. The number of hydrogen-bond acceptors (Lipinski definition) is 1. The number of hydrogen-bond donors (Lipinski definition) is 1. The largest absolute Gasteiger partial charge is 0.311 e. The van der Waals surface area contributed by atoms with Crippen molar-refractivity contribution in [1.29, 1.82) is 0 Å². The van der Waals surface area contributed by atoms with Gasteiger partial charge in [-0.3, -0.25) is 0 Å². The fraction of sp³-hybridized carbons (Fsp3) is 1.00. The van der Waals surface area contributed by atoms with Crippen LogP contribution in [0.5, 0.6) is 0 Å². The average molecular weight is 163 g/mol. The number of fused-ring (bicyclic) bond motifs is 6. The minimum atomic E-state index is 0.946. The van der Waals surface area contributed by atoms with Crippen molar-refractivity contribution in [2.75, 3.05) is 0 Å². The Balaban J connectivity index is 1.67. The van der Waals surface area contributed by atoms with Crippen LogP contribution in [0.2, 0.25) is 0 Å². The van der Waals surface area contributed by atoms with Crippen LogP contribution in [0, 0.1) is 23.7 Å². The molecule has 0 amide bonds. The van der Waals surface area contributed by atoms with Crippen molar-refractivity contribution in [3.8, 4) is 0 Å². The predicted octanol–water partition coefficient (Wildman–Crippen LogP) is 1.78. The molecule has 1 heteroatoms. The summed E-state index contributed by atoms with van der Waals surface area (Å²) in [5.41, 5.74) is 0. The Morgan fingerprint density at radius 2 is 1.33 bits per heavy atom. The molecule has 2 saturated carbocycles. The molecule has 6 atom stereocenters. The Labute approximate surface area is 73.9 Å². The first-order chi connectivity index (χ1) is 5.92. The second-order valence-electron chi connectivity index (χ2n) is 5.51. The summed E-state index contributed by atoms with van der Waals surface area (Å²) in [5, 5.41) is 3.81. The van der Waals surface area contributed by atoms with Crippen molar-refractivity contribution in [1.82, 2.24) is 5.32 Å². The van der Waals surface area contributed by atoms with Crippen LogP contribution in [0.3, 0.4) is 0 Å². The summed E-state index contributed by atoms with van der Waals surface area (Å²) in [4.78, 5) is 0. The highest BCUT2D eigenvalue weighted by atomic mass is 15.1. The summed E-state index contributed by atoms with van der Waals surface area (Å²) in [6, 6.07) is 1.89. The highest BCUT2D eigenvalue weighted by Crippen LogP contribution is 2.59. The van der Waals surface area contributed by atoms with E-state index >= 15 is 0 Å². The molecule has 2 bridgehead atoms. The maximum absolute atomic E-state index is 3.81. The molecule has 0 aromatic carbocycles. The predicted molar refractivity (Wildman–Crippen MR) is 47.8 cm³/mol. The third-order valence-corrected chi connectivity index (χ3v) is 5.02. The summed E-state index contributed by atoms with van der Waals surface area (Å²) < 4.78 is 0. The zero-order chi connectivity index (χ0) is 7.71. The molecule has 4 rings (SSSR count). The quantitative estimate of drug-likeness (QED) is 0.574. The molecular formula is C11H17N. The summed E-state index contributed by atoms with van der Waals surface area (Å²) in [6.45, 7) is 0. The minimum Gasteiger partial charge on any atom is -0.311 e. The Kier molecular flexibility index (Phi) is 1.01. The van der Waals surface area contributed by atoms with Gasteiger partial charge in [0.25, 0.3) is 0 Å². The second kappa shape index (κ2) is 1.89. The van der Waals surface area contributed by atoms with Gasteiger partial charge < -0.3 is 5.32 Å². The molecule has 2 aliphatic carbocycles.